The van der Waals surface area contributed by atoms with E-state index in [1.165, 1.54) is 23.7 Å². The van der Waals surface area contributed by atoms with Gasteiger partial charge in [-0.3, -0.25) is 4.79 Å². The van der Waals surface area contributed by atoms with E-state index in [9.17, 15) is 9.59 Å². The number of carbonyl (C=O) groups excluding carboxylic acids is 2. The molecular weight excluding hydrogens is 344 g/mol. The highest BCUT2D eigenvalue weighted by Gasteiger charge is 2.29. The third-order valence-electron chi connectivity index (χ3n) is 5.45. The zero-order valence-electron chi connectivity index (χ0n) is 15.2. The van der Waals surface area contributed by atoms with E-state index in [-0.39, 0.29) is 18.1 Å². The van der Waals surface area contributed by atoms with Crippen LogP contribution < -0.4 is 5.32 Å². The Balaban J connectivity index is 1.19. The molecule has 142 valence electrons. The van der Waals surface area contributed by atoms with Crippen LogP contribution in [0.5, 0.6) is 0 Å². The van der Waals surface area contributed by atoms with Gasteiger partial charge < -0.3 is 19.9 Å². The van der Waals surface area contributed by atoms with E-state index in [2.05, 4.69) is 27.4 Å². The molecule has 2 amide bonds. The number of nitrogens with zero attached hydrogens (tertiary/aromatic N) is 2. The van der Waals surface area contributed by atoms with Crippen LogP contribution in [0.1, 0.15) is 34.5 Å². The van der Waals surface area contributed by atoms with Crippen molar-refractivity contribution in [1.29, 1.82) is 0 Å². The van der Waals surface area contributed by atoms with Crippen LogP contribution in [0.3, 0.4) is 0 Å². The van der Waals surface area contributed by atoms with Gasteiger partial charge in [-0.15, -0.1) is 0 Å². The molecule has 2 N–H and O–H groups in total. The number of aromatic nitrogens is 2. The van der Waals surface area contributed by atoms with Crippen LogP contribution in [0, 0.1) is 5.92 Å². The molecule has 1 saturated heterocycles. The third kappa shape index (κ3) is 4.13. The normalized spacial score (nSPS) is 17.6. The maximum absolute atomic E-state index is 12.5. The number of amides is 2. The van der Waals surface area contributed by atoms with E-state index in [0.717, 1.165) is 25.7 Å². The van der Waals surface area contributed by atoms with Crippen LogP contribution >= 0.6 is 0 Å². The molecule has 2 heterocycles. The van der Waals surface area contributed by atoms with E-state index in [4.69, 9.17) is 4.74 Å². The summed E-state index contributed by atoms with van der Waals surface area (Å²) in [5, 5.41) is 2.92. The second kappa shape index (κ2) is 7.82. The number of likely N-dealkylation sites (tertiary alicyclic amines) is 1. The van der Waals surface area contributed by atoms with Crippen molar-refractivity contribution >= 4 is 12.0 Å². The minimum absolute atomic E-state index is 0.0543. The number of piperidine rings is 1. The molecule has 0 radical (unpaired) electrons. The maximum Gasteiger partial charge on any atom is 0.410 e. The zero-order valence-corrected chi connectivity index (χ0v) is 15.2. The lowest BCUT2D eigenvalue weighted by Gasteiger charge is -2.32. The van der Waals surface area contributed by atoms with Crippen LogP contribution in [-0.2, 0) is 17.6 Å². The lowest BCUT2D eigenvalue weighted by atomic mass is 9.97. The van der Waals surface area contributed by atoms with Crippen molar-refractivity contribution in [2.75, 3.05) is 19.6 Å². The van der Waals surface area contributed by atoms with Gasteiger partial charge in [0, 0.05) is 32.5 Å². The number of nitrogens with one attached hydrogen (secondary N) is 2. The fourth-order valence-electron chi connectivity index (χ4n) is 3.85. The first-order chi connectivity index (χ1) is 13.2. The van der Waals surface area contributed by atoms with Gasteiger partial charge in [0.15, 0.2) is 0 Å². The number of carbonyl (C=O) groups is 2. The molecule has 7 nitrogen and oxygen atoms in total. The van der Waals surface area contributed by atoms with E-state index >= 15 is 0 Å². The summed E-state index contributed by atoms with van der Waals surface area (Å²) in [5.41, 5.74) is 3.03. The van der Waals surface area contributed by atoms with Crippen molar-refractivity contribution in [3.63, 3.8) is 0 Å². The number of imidazole rings is 1. The molecule has 1 aromatic carbocycles. The largest absolute Gasteiger partial charge is 0.445 e. The van der Waals surface area contributed by atoms with Crippen LogP contribution in [0.2, 0.25) is 0 Å². The second-order valence-corrected chi connectivity index (χ2v) is 7.29. The summed E-state index contributed by atoms with van der Waals surface area (Å²) >= 11 is 0. The lowest BCUT2D eigenvalue weighted by molar-refractivity contribution is 0.0560. The highest BCUT2D eigenvalue weighted by molar-refractivity contribution is 5.91. The molecule has 1 fully saturated rings. The number of hydrogen-bond donors (Lipinski definition) is 2. The number of aromatic amines is 1. The summed E-state index contributed by atoms with van der Waals surface area (Å²) < 4.78 is 5.72. The summed E-state index contributed by atoms with van der Waals surface area (Å²) in [7, 11) is 0. The van der Waals surface area contributed by atoms with Crippen LogP contribution in [0.4, 0.5) is 4.79 Å². The fraction of sp³-hybridized carbons (Fsp3) is 0.450. The van der Waals surface area contributed by atoms with E-state index in [0.29, 0.717) is 31.2 Å². The maximum atomic E-state index is 12.5. The van der Waals surface area contributed by atoms with Gasteiger partial charge in [0.05, 0.1) is 12.5 Å². The topological polar surface area (TPSA) is 87.3 Å². The SMILES string of the molecule is O=C(NCC1CCN(C(=O)OC2Cc3ccccc3C2)CC1)c1cnc[nH]1. The molecule has 2 aliphatic rings. The molecule has 0 bridgehead atoms. The summed E-state index contributed by atoms with van der Waals surface area (Å²) in [4.78, 5) is 32.8. The summed E-state index contributed by atoms with van der Waals surface area (Å²) in [6.07, 6.45) is 6.06. The van der Waals surface area contributed by atoms with Gasteiger partial charge in [-0.1, -0.05) is 24.3 Å². The molecule has 4 rings (SSSR count). The monoisotopic (exact) mass is 368 g/mol. The number of fused-ring (bicyclic) bond motifs is 1. The number of hydrogen-bond acceptors (Lipinski definition) is 4. The molecule has 1 aliphatic heterocycles. The summed E-state index contributed by atoms with van der Waals surface area (Å²) in [6.45, 7) is 1.95. The second-order valence-electron chi connectivity index (χ2n) is 7.29. The standard InChI is InChI=1S/C20H24N4O3/c25-19(18-12-21-13-23-18)22-11-14-5-7-24(8-6-14)20(26)27-17-9-15-3-1-2-4-16(15)10-17/h1-4,12-14,17H,5-11H2,(H,21,23)(H,22,25). The van der Waals surface area contributed by atoms with Gasteiger partial charge in [0.2, 0.25) is 0 Å². The number of rotatable bonds is 4. The van der Waals surface area contributed by atoms with Crippen LogP contribution in [0.25, 0.3) is 0 Å². The molecule has 0 unspecified atom stereocenters. The van der Waals surface area contributed by atoms with Crippen molar-refractivity contribution < 1.29 is 14.3 Å². The first-order valence-corrected chi connectivity index (χ1v) is 9.48. The summed E-state index contributed by atoms with van der Waals surface area (Å²) in [5.74, 6) is 0.229. The highest BCUT2D eigenvalue weighted by Crippen LogP contribution is 2.25. The Morgan fingerprint density at radius 2 is 1.89 bits per heavy atom. The van der Waals surface area contributed by atoms with Gasteiger partial charge in [0.1, 0.15) is 11.8 Å². The smallest absolute Gasteiger partial charge is 0.410 e. The average Bonchev–Trinajstić information content (AvgIpc) is 3.35. The van der Waals surface area contributed by atoms with Crippen molar-refractivity contribution in [1.82, 2.24) is 20.2 Å². The van der Waals surface area contributed by atoms with Crippen molar-refractivity contribution in [3.8, 4) is 0 Å². The predicted octanol–water partition coefficient (Wildman–Crippen LogP) is 2.16. The average molecular weight is 368 g/mol. The van der Waals surface area contributed by atoms with Gasteiger partial charge in [-0.25, -0.2) is 9.78 Å². The Morgan fingerprint density at radius 3 is 2.52 bits per heavy atom. The predicted molar refractivity (Wildman–Crippen MR) is 99.3 cm³/mol. The highest BCUT2D eigenvalue weighted by atomic mass is 16.6. The Labute approximate surface area is 158 Å². The molecule has 0 saturated carbocycles. The Morgan fingerprint density at radius 1 is 1.19 bits per heavy atom. The molecule has 2 aromatic rings. The molecule has 7 heteroatoms. The third-order valence-corrected chi connectivity index (χ3v) is 5.45. The molecular formula is C20H24N4O3. The van der Waals surface area contributed by atoms with Crippen molar-refractivity contribution in [3.05, 3.63) is 53.6 Å². The van der Waals surface area contributed by atoms with Crippen LogP contribution in [0.15, 0.2) is 36.8 Å². The van der Waals surface area contributed by atoms with E-state index in [1.54, 1.807) is 4.90 Å². The molecule has 27 heavy (non-hydrogen) atoms. The Bertz CT molecular complexity index is 772. The number of benzene rings is 1. The van der Waals surface area contributed by atoms with Gasteiger partial charge in [-0.2, -0.15) is 0 Å². The molecule has 1 aromatic heterocycles. The summed E-state index contributed by atoms with van der Waals surface area (Å²) in [6, 6.07) is 8.26. The minimum Gasteiger partial charge on any atom is -0.445 e. The fourth-order valence-corrected chi connectivity index (χ4v) is 3.85. The zero-order chi connectivity index (χ0) is 18.6. The number of ether oxygens (including phenoxy) is 1. The van der Waals surface area contributed by atoms with Gasteiger partial charge in [-0.05, 0) is 29.9 Å². The van der Waals surface area contributed by atoms with E-state index in [1.807, 2.05) is 12.1 Å². The van der Waals surface area contributed by atoms with Crippen molar-refractivity contribution in [2.45, 2.75) is 31.8 Å². The first kappa shape index (κ1) is 17.6. The minimum atomic E-state index is -0.215. The van der Waals surface area contributed by atoms with Gasteiger partial charge >= 0.3 is 6.09 Å². The lowest BCUT2D eigenvalue weighted by Crippen LogP contribution is -2.42. The first-order valence-electron chi connectivity index (χ1n) is 9.48. The van der Waals surface area contributed by atoms with Crippen molar-refractivity contribution in [2.24, 2.45) is 5.92 Å². The molecule has 1 aliphatic carbocycles. The quantitative estimate of drug-likeness (QED) is 0.866. The molecule has 0 spiro atoms. The van der Waals surface area contributed by atoms with E-state index < -0.39 is 0 Å². The Kier molecular flexibility index (Phi) is 5.09. The van der Waals surface area contributed by atoms with Crippen LogP contribution in [-0.4, -0.2) is 52.6 Å². The number of H-pyrrole nitrogens is 1. The Hall–Kier alpha value is -2.83. The molecule has 0 atom stereocenters. The van der Waals surface area contributed by atoms with Gasteiger partial charge in [0.25, 0.3) is 5.91 Å².